The summed E-state index contributed by atoms with van der Waals surface area (Å²) in [5.74, 6) is 0.299. The quantitative estimate of drug-likeness (QED) is 0.158. The minimum atomic E-state index is -4.79. The number of alkyl halides is 6. The number of fused-ring (bicyclic) bond motifs is 2. The minimum absolute atomic E-state index is 0.00722. The fraction of sp³-hybridized carbons (Fsp3) is 0.405. The number of halogens is 6. The van der Waals surface area contributed by atoms with Gasteiger partial charge in [0.25, 0.3) is 11.1 Å². The summed E-state index contributed by atoms with van der Waals surface area (Å²) < 4.78 is 84.2. The summed E-state index contributed by atoms with van der Waals surface area (Å²) >= 11 is 0. The number of hydrogen-bond acceptors (Lipinski definition) is 7. The van der Waals surface area contributed by atoms with Gasteiger partial charge in [-0.15, -0.1) is 13.2 Å². The van der Waals surface area contributed by atoms with Gasteiger partial charge in [0, 0.05) is 18.4 Å². The molecule has 54 heavy (non-hydrogen) atoms. The highest BCUT2D eigenvalue weighted by Gasteiger charge is 2.32. The van der Waals surface area contributed by atoms with Gasteiger partial charge < -0.3 is 14.7 Å². The van der Waals surface area contributed by atoms with E-state index in [0.717, 1.165) is 63.5 Å². The zero-order valence-corrected chi connectivity index (χ0v) is 28.9. The summed E-state index contributed by atoms with van der Waals surface area (Å²) in [6.45, 7) is 0. The highest BCUT2D eigenvalue weighted by atomic mass is 19.4. The van der Waals surface area contributed by atoms with Gasteiger partial charge in [-0.05, 0) is 43.4 Å². The molecule has 8 rings (SSSR count). The summed E-state index contributed by atoms with van der Waals surface area (Å²) in [5.41, 5.74) is 0.315. The molecular formula is C37H36F6N8O3. The standard InChI is InChI=1S/C19H19F3N4O2.C18H17F3N4O/c20-19(21,22)28-15-9-5-4-6-12(15)10-16-24-17-14(18(27)25-16)11-23-26(17)13-7-2-1-3-8-13;19-18(20,21)12-5-3-4-11(8-12)9-15-23-16-14(17(26)24-15)10-22-25(16)13-6-1-2-7-13/h4-6,9,11,13H,1-3,7-8,10H2,(H,24,25,27);3-5,8,10,13H,1-2,6-7,9H2,(H,23,24,26). The molecule has 0 aliphatic heterocycles. The molecule has 4 heterocycles. The second-order valence-corrected chi connectivity index (χ2v) is 13.6. The highest BCUT2D eigenvalue weighted by molar-refractivity contribution is 5.74. The second kappa shape index (κ2) is 15.1. The van der Waals surface area contributed by atoms with E-state index >= 15 is 0 Å². The molecule has 0 spiro atoms. The van der Waals surface area contributed by atoms with Gasteiger partial charge in [0.2, 0.25) is 0 Å². The van der Waals surface area contributed by atoms with E-state index in [1.165, 1.54) is 43.1 Å². The minimum Gasteiger partial charge on any atom is -0.405 e. The number of para-hydroxylation sites is 1. The Morgan fingerprint density at radius 1 is 0.685 bits per heavy atom. The summed E-state index contributed by atoms with van der Waals surface area (Å²) in [6.07, 6.45) is 3.50. The van der Waals surface area contributed by atoms with Crippen molar-refractivity contribution in [1.82, 2.24) is 39.5 Å². The van der Waals surface area contributed by atoms with Crippen LogP contribution in [0.5, 0.6) is 5.75 Å². The molecule has 0 saturated heterocycles. The van der Waals surface area contributed by atoms with Gasteiger partial charge in [-0.25, -0.2) is 19.3 Å². The van der Waals surface area contributed by atoms with Crippen molar-refractivity contribution in [3.05, 3.63) is 110 Å². The van der Waals surface area contributed by atoms with Crippen LogP contribution in [-0.4, -0.2) is 45.9 Å². The molecule has 4 aromatic heterocycles. The number of H-pyrrole nitrogens is 2. The number of nitrogens with zero attached hydrogens (tertiary/aromatic N) is 6. The lowest BCUT2D eigenvalue weighted by molar-refractivity contribution is -0.274. The monoisotopic (exact) mass is 754 g/mol. The van der Waals surface area contributed by atoms with E-state index in [-0.39, 0.29) is 53.2 Å². The third-order valence-electron chi connectivity index (χ3n) is 9.80. The second-order valence-electron chi connectivity index (χ2n) is 13.6. The van der Waals surface area contributed by atoms with E-state index in [2.05, 4.69) is 34.9 Å². The Labute approximate surface area is 303 Å². The number of aromatic amines is 2. The normalized spacial score (nSPS) is 15.8. The van der Waals surface area contributed by atoms with Crippen LogP contribution in [0.25, 0.3) is 22.1 Å². The van der Waals surface area contributed by atoms with Crippen LogP contribution in [0.3, 0.4) is 0 Å². The molecule has 284 valence electrons. The topological polar surface area (TPSA) is 136 Å². The van der Waals surface area contributed by atoms with Crippen LogP contribution < -0.4 is 15.9 Å². The fourth-order valence-corrected chi connectivity index (χ4v) is 7.24. The molecule has 2 aliphatic carbocycles. The first kappa shape index (κ1) is 36.9. The first-order valence-electron chi connectivity index (χ1n) is 17.7. The number of rotatable bonds is 7. The van der Waals surface area contributed by atoms with Gasteiger partial charge in [0.15, 0.2) is 11.3 Å². The van der Waals surface area contributed by atoms with E-state index in [0.29, 0.717) is 33.5 Å². The summed E-state index contributed by atoms with van der Waals surface area (Å²) in [6, 6.07) is 11.3. The maximum absolute atomic E-state index is 12.9. The fourth-order valence-electron chi connectivity index (χ4n) is 7.24. The largest absolute Gasteiger partial charge is 0.573 e. The number of benzene rings is 2. The first-order chi connectivity index (χ1) is 25.8. The molecule has 2 fully saturated rings. The van der Waals surface area contributed by atoms with Crippen LogP contribution in [-0.2, 0) is 19.0 Å². The van der Waals surface area contributed by atoms with Crippen molar-refractivity contribution < 1.29 is 31.1 Å². The predicted octanol–water partition coefficient (Wildman–Crippen LogP) is 7.96. The number of hydrogen-bond donors (Lipinski definition) is 2. The van der Waals surface area contributed by atoms with E-state index in [1.807, 2.05) is 0 Å². The van der Waals surface area contributed by atoms with Crippen molar-refractivity contribution in [3.8, 4) is 5.75 Å². The number of aromatic nitrogens is 8. The molecule has 2 aromatic carbocycles. The van der Waals surface area contributed by atoms with E-state index in [9.17, 15) is 35.9 Å². The van der Waals surface area contributed by atoms with Crippen molar-refractivity contribution in [3.63, 3.8) is 0 Å². The lowest BCUT2D eigenvalue weighted by Crippen LogP contribution is -2.19. The maximum Gasteiger partial charge on any atom is 0.573 e. The maximum atomic E-state index is 12.9. The average molecular weight is 755 g/mol. The molecule has 2 N–H and O–H groups in total. The SMILES string of the molecule is O=c1[nH]c(Cc2cccc(C(F)(F)F)c2)nc2c1cnn2C1CCCC1.O=c1[nH]c(Cc2ccccc2OC(F)(F)F)nc2c1cnn2C1CCCCC1. The lowest BCUT2D eigenvalue weighted by Gasteiger charge is -2.22. The summed E-state index contributed by atoms with van der Waals surface area (Å²) in [5, 5.41) is 9.46. The van der Waals surface area contributed by atoms with E-state index in [4.69, 9.17) is 0 Å². The highest BCUT2D eigenvalue weighted by Crippen LogP contribution is 2.33. The van der Waals surface area contributed by atoms with Crippen molar-refractivity contribution in [2.45, 2.75) is 95.3 Å². The van der Waals surface area contributed by atoms with Crippen molar-refractivity contribution in [2.75, 3.05) is 0 Å². The first-order valence-corrected chi connectivity index (χ1v) is 17.7. The van der Waals surface area contributed by atoms with Crippen LogP contribution >= 0.6 is 0 Å². The number of ether oxygens (including phenoxy) is 1. The van der Waals surface area contributed by atoms with Gasteiger partial charge in [-0.3, -0.25) is 9.59 Å². The third kappa shape index (κ3) is 8.34. The Kier molecular flexibility index (Phi) is 10.3. The van der Waals surface area contributed by atoms with Crippen LogP contribution in [0.2, 0.25) is 0 Å². The molecule has 17 heteroatoms. The van der Waals surface area contributed by atoms with Gasteiger partial charge in [-0.1, -0.05) is 68.5 Å². The Morgan fingerprint density at radius 3 is 1.78 bits per heavy atom. The van der Waals surface area contributed by atoms with Crippen LogP contribution in [0, 0.1) is 0 Å². The molecule has 2 aliphatic rings. The van der Waals surface area contributed by atoms with Gasteiger partial charge in [-0.2, -0.15) is 23.4 Å². The Bertz CT molecular complexity index is 2370. The molecule has 0 amide bonds. The Morgan fingerprint density at radius 2 is 1.22 bits per heavy atom. The predicted molar refractivity (Wildman–Crippen MR) is 186 cm³/mol. The summed E-state index contributed by atoms with van der Waals surface area (Å²) in [7, 11) is 0. The van der Waals surface area contributed by atoms with Gasteiger partial charge in [0.1, 0.15) is 28.2 Å². The molecule has 2 saturated carbocycles. The van der Waals surface area contributed by atoms with Crippen LogP contribution in [0.4, 0.5) is 26.3 Å². The zero-order valence-electron chi connectivity index (χ0n) is 28.9. The third-order valence-corrected chi connectivity index (χ3v) is 9.80. The van der Waals surface area contributed by atoms with Crippen LogP contribution in [0.1, 0.15) is 98.2 Å². The molecule has 0 atom stereocenters. The average Bonchev–Trinajstić information content (AvgIpc) is 3.90. The molecule has 0 unspecified atom stereocenters. The molecule has 11 nitrogen and oxygen atoms in total. The van der Waals surface area contributed by atoms with Crippen LogP contribution in [0.15, 0.2) is 70.5 Å². The van der Waals surface area contributed by atoms with Crippen molar-refractivity contribution in [2.24, 2.45) is 0 Å². The Hall–Kier alpha value is -5.48. The van der Waals surface area contributed by atoms with Crippen molar-refractivity contribution in [1.29, 1.82) is 0 Å². The molecular weight excluding hydrogens is 718 g/mol. The van der Waals surface area contributed by atoms with Gasteiger partial charge >= 0.3 is 12.5 Å². The molecule has 0 radical (unpaired) electrons. The van der Waals surface area contributed by atoms with Crippen molar-refractivity contribution >= 4 is 22.1 Å². The zero-order chi connectivity index (χ0) is 38.0. The Balaban J connectivity index is 0.000000167. The van der Waals surface area contributed by atoms with E-state index in [1.54, 1.807) is 21.5 Å². The van der Waals surface area contributed by atoms with Gasteiger partial charge in [0.05, 0.1) is 30.0 Å². The van der Waals surface area contributed by atoms with E-state index < -0.39 is 18.1 Å². The molecule has 0 bridgehead atoms. The lowest BCUT2D eigenvalue weighted by atomic mass is 9.96. The molecule has 6 aromatic rings. The number of nitrogens with one attached hydrogen (secondary N) is 2. The summed E-state index contributed by atoms with van der Waals surface area (Å²) in [4.78, 5) is 39.1. The smallest absolute Gasteiger partial charge is 0.405 e.